The molecule has 0 saturated carbocycles. The van der Waals surface area contributed by atoms with Gasteiger partial charge in [0.05, 0.1) is 26.4 Å². The van der Waals surface area contributed by atoms with E-state index in [-0.39, 0.29) is 23.5 Å². The predicted octanol–water partition coefficient (Wildman–Crippen LogP) is 3.60. The topological polar surface area (TPSA) is 76.8 Å². The summed E-state index contributed by atoms with van der Waals surface area (Å²) < 4.78 is 29.9. The quantitative estimate of drug-likeness (QED) is 0.606. The largest absolute Gasteiger partial charge is 0.497 e. The van der Waals surface area contributed by atoms with Crippen LogP contribution in [0.4, 0.5) is 4.39 Å². The molecule has 3 aromatic rings. The summed E-state index contributed by atoms with van der Waals surface area (Å²) in [6.07, 6.45) is 0. The van der Waals surface area contributed by atoms with Crippen LogP contribution in [0.15, 0.2) is 53.1 Å². The van der Waals surface area contributed by atoms with Crippen molar-refractivity contribution in [1.82, 2.24) is 15.4 Å². The first kappa shape index (κ1) is 22.0. The van der Waals surface area contributed by atoms with Crippen LogP contribution in [0.25, 0.3) is 11.3 Å². The summed E-state index contributed by atoms with van der Waals surface area (Å²) in [7, 11) is 1.63. The number of methoxy groups -OCH3 is 1. The molecule has 168 valence electrons. The standard InChI is InChI=1S/C24H26FN3O4/c1-16-3-4-18(13-20(16)25)23-14-21(27-32-23)24(29)26-15-22(28-9-11-31-12-10-28)17-5-7-19(30-2)8-6-17/h3-8,13-14,22H,9-12,15H2,1-2H3,(H,26,29)/t22-/m0/s1. The lowest BCUT2D eigenvalue weighted by molar-refractivity contribution is 0.0162. The molecule has 0 radical (unpaired) electrons. The first-order valence-electron chi connectivity index (χ1n) is 10.5. The number of rotatable bonds is 7. The number of carbonyl (C=O) groups is 1. The summed E-state index contributed by atoms with van der Waals surface area (Å²) in [6, 6.07) is 14.1. The first-order chi connectivity index (χ1) is 15.5. The van der Waals surface area contributed by atoms with E-state index < -0.39 is 0 Å². The molecule has 1 aromatic heterocycles. The van der Waals surface area contributed by atoms with Crippen LogP contribution in [0, 0.1) is 12.7 Å². The molecule has 0 bridgehead atoms. The highest BCUT2D eigenvalue weighted by Crippen LogP contribution is 2.25. The maximum absolute atomic E-state index is 13.9. The van der Waals surface area contributed by atoms with Crippen LogP contribution in [0.2, 0.25) is 0 Å². The highest BCUT2D eigenvalue weighted by Gasteiger charge is 2.24. The van der Waals surface area contributed by atoms with Crippen LogP contribution in [0.3, 0.4) is 0 Å². The van der Waals surface area contributed by atoms with Gasteiger partial charge in [0.2, 0.25) is 0 Å². The number of hydrogen-bond donors (Lipinski definition) is 1. The molecule has 0 unspecified atom stereocenters. The molecule has 1 N–H and O–H groups in total. The number of aryl methyl sites for hydroxylation is 1. The zero-order valence-corrected chi connectivity index (χ0v) is 18.1. The number of amides is 1. The molecular weight excluding hydrogens is 413 g/mol. The van der Waals surface area contributed by atoms with Gasteiger partial charge in [-0.05, 0) is 36.2 Å². The number of nitrogens with zero attached hydrogens (tertiary/aromatic N) is 2. The highest BCUT2D eigenvalue weighted by atomic mass is 19.1. The van der Waals surface area contributed by atoms with Crippen molar-refractivity contribution in [2.45, 2.75) is 13.0 Å². The second-order valence-electron chi connectivity index (χ2n) is 7.69. The van der Waals surface area contributed by atoms with Crippen molar-refractivity contribution in [3.05, 3.63) is 71.2 Å². The van der Waals surface area contributed by atoms with Gasteiger partial charge in [-0.15, -0.1) is 0 Å². The fourth-order valence-corrected chi connectivity index (χ4v) is 3.72. The number of aromatic nitrogens is 1. The van der Waals surface area contributed by atoms with E-state index in [2.05, 4.69) is 15.4 Å². The van der Waals surface area contributed by atoms with E-state index in [0.717, 1.165) is 24.4 Å². The fourth-order valence-electron chi connectivity index (χ4n) is 3.72. The fraction of sp³-hybridized carbons (Fsp3) is 0.333. The average molecular weight is 439 g/mol. The Balaban J connectivity index is 1.47. The maximum atomic E-state index is 13.9. The zero-order valence-electron chi connectivity index (χ0n) is 18.1. The van der Waals surface area contributed by atoms with Gasteiger partial charge in [0.15, 0.2) is 11.5 Å². The van der Waals surface area contributed by atoms with Crippen molar-refractivity contribution in [2.75, 3.05) is 40.0 Å². The lowest BCUT2D eigenvalue weighted by atomic mass is 10.0. The van der Waals surface area contributed by atoms with Crippen LogP contribution < -0.4 is 10.1 Å². The van der Waals surface area contributed by atoms with Gasteiger partial charge < -0.3 is 19.3 Å². The SMILES string of the molecule is COc1ccc([C@H](CNC(=O)c2cc(-c3ccc(C)c(F)c3)on2)N2CCOCC2)cc1. The molecule has 1 amide bonds. The molecule has 1 aliphatic heterocycles. The van der Waals surface area contributed by atoms with Crippen LogP contribution >= 0.6 is 0 Å². The Labute approximate surface area is 186 Å². The van der Waals surface area contributed by atoms with Gasteiger partial charge in [-0.25, -0.2) is 4.39 Å². The molecule has 1 atom stereocenters. The van der Waals surface area contributed by atoms with Crippen molar-refractivity contribution in [2.24, 2.45) is 0 Å². The van der Waals surface area contributed by atoms with Crippen LogP contribution in [-0.4, -0.2) is 55.9 Å². The Morgan fingerprint density at radius 2 is 1.94 bits per heavy atom. The van der Waals surface area contributed by atoms with E-state index in [1.165, 1.54) is 12.1 Å². The van der Waals surface area contributed by atoms with E-state index in [4.69, 9.17) is 14.0 Å². The molecule has 2 heterocycles. The third-order valence-electron chi connectivity index (χ3n) is 5.64. The van der Waals surface area contributed by atoms with Crippen molar-refractivity contribution >= 4 is 5.91 Å². The minimum Gasteiger partial charge on any atom is -0.497 e. The van der Waals surface area contributed by atoms with Crippen molar-refractivity contribution in [1.29, 1.82) is 0 Å². The highest BCUT2D eigenvalue weighted by molar-refractivity contribution is 5.93. The Morgan fingerprint density at radius 1 is 1.19 bits per heavy atom. The number of benzene rings is 2. The molecule has 0 spiro atoms. The third-order valence-corrected chi connectivity index (χ3v) is 5.64. The summed E-state index contributed by atoms with van der Waals surface area (Å²) in [6.45, 7) is 4.94. The average Bonchev–Trinajstić information content (AvgIpc) is 3.32. The molecule has 1 fully saturated rings. The molecular formula is C24H26FN3O4. The first-order valence-corrected chi connectivity index (χ1v) is 10.5. The Kier molecular flexibility index (Phi) is 6.82. The van der Waals surface area contributed by atoms with E-state index in [1.807, 2.05) is 24.3 Å². The van der Waals surface area contributed by atoms with Crippen molar-refractivity contribution < 1.29 is 23.2 Å². The van der Waals surface area contributed by atoms with Crippen molar-refractivity contribution in [3.63, 3.8) is 0 Å². The Hall–Kier alpha value is -3.23. The van der Waals surface area contributed by atoms with Crippen molar-refractivity contribution in [3.8, 4) is 17.1 Å². The monoisotopic (exact) mass is 439 g/mol. The van der Waals surface area contributed by atoms with Gasteiger partial charge in [-0.2, -0.15) is 0 Å². The second kappa shape index (κ2) is 9.93. The van der Waals surface area contributed by atoms with Gasteiger partial charge >= 0.3 is 0 Å². The molecule has 2 aromatic carbocycles. The molecule has 1 saturated heterocycles. The van der Waals surface area contributed by atoms with Gasteiger partial charge in [0, 0.05) is 31.3 Å². The smallest absolute Gasteiger partial charge is 0.273 e. The normalized spacial score (nSPS) is 15.3. The van der Waals surface area contributed by atoms with E-state index >= 15 is 0 Å². The maximum Gasteiger partial charge on any atom is 0.273 e. The number of ether oxygens (including phenoxy) is 2. The van der Waals surface area contributed by atoms with Crippen LogP contribution in [0.5, 0.6) is 5.75 Å². The van der Waals surface area contributed by atoms with Gasteiger partial charge in [-0.3, -0.25) is 9.69 Å². The predicted molar refractivity (Wildman–Crippen MR) is 117 cm³/mol. The van der Waals surface area contributed by atoms with Crippen LogP contribution in [0.1, 0.15) is 27.7 Å². The third kappa shape index (κ3) is 4.98. The summed E-state index contributed by atoms with van der Waals surface area (Å²) in [5.74, 6) is 0.437. The van der Waals surface area contributed by atoms with Gasteiger partial charge in [0.25, 0.3) is 5.91 Å². The summed E-state index contributed by atoms with van der Waals surface area (Å²) in [5, 5.41) is 6.83. The summed E-state index contributed by atoms with van der Waals surface area (Å²) in [4.78, 5) is 15.0. The number of carbonyl (C=O) groups excluding carboxylic acids is 1. The molecule has 0 aliphatic carbocycles. The van der Waals surface area contributed by atoms with E-state index in [0.29, 0.717) is 36.6 Å². The van der Waals surface area contributed by atoms with Crippen LogP contribution in [-0.2, 0) is 4.74 Å². The molecule has 4 rings (SSSR count). The second-order valence-corrected chi connectivity index (χ2v) is 7.69. The number of halogens is 1. The molecule has 1 aliphatic rings. The van der Waals surface area contributed by atoms with E-state index in [9.17, 15) is 9.18 Å². The lowest BCUT2D eigenvalue weighted by Gasteiger charge is -2.34. The Morgan fingerprint density at radius 3 is 2.62 bits per heavy atom. The molecule has 8 heteroatoms. The zero-order chi connectivity index (χ0) is 22.5. The molecule has 7 nitrogen and oxygen atoms in total. The molecule has 32 heavy (non-hydrogen) atoms. The summed E-state index contributed by atoms with van der Waals surface area (Å²) >= 11 is 0. The minimum absolute atomic E-state index is 0.0219. The summed E-state index contributed by atoms with van der Waals surface area (Å²) in [5.41, 5.74) is 2.29. The van der Waals surface area contributed by atoms with Gasteiger partial charge in [0.1, 0.15) is 11.6 Å². The minimum atomic E-state index is -0.348. The van der Waals surface area contributed by atoms with E-state index in [1.54, 1.807) is 26.2 Å². The number of morpholine rings is 1. The Bertz CT molecular complexity index is 1060. The number of nitrogens with one attached hydrogen (secondary N) is 1. The lowest BCUT2D eigenvalue weighted by Crippen LogP contribution is -2.43. The van der Waals surface area contributed by atoms with Gasteiger partial charge in [-0.1, -0.05) is 29.4 Å². The number of hydrogen-bond acceptors (Lipinski definition) is 6.